The standard InChI is InChI=1S/C19H15Cl2NO2/c1-2-24-16-11-10-12-6-3-4-7-13(12)17(16)19(23)22-15-9-5-8-14(20)18(15)21/h3-11H,2H2,1H3,(H,22,23). The predicted octanol–water partition coefficient (Wildman–Crippen LogP) is 5.80. The smallest absolute Gasteiger partial charge is 0.260 e. The monoisotopic (exact) mass is 359 g/mol. The molecule has 0 saturated heterocycles. The van der Waals surface area contributed by atoms with Gasteiger partial charge >= 0.3 is 0 Å². The van der Waals surface area contributed by atoms with E-state index < -0.39 is 0 Å². The molecule has 3 rings (SSSR count). The first-order chi connectivity index (χ1) is 11.6. The minimum Gasteiger partial charge on any atom is -0.493 e. The van der Waals surface area contributed by atoms with Crippen molar-refractivity contribution in [3.63, 3.8) is 0 Å². The zero-order chi connectivity index (χ0) is 17.1. The number of benzene rings is 3. The lowest BCUT2D eigenvalue weighted by Gasteiger charge is -2.14. The summed E-state index contributed by atoms with van der Waals surface area (Å²) in [6, 6.07) is 16.5. The molecule has 0 aliphatic carbocycles. The second-order valence-electron chi connectivity index (χ2n) is 5.15. The van der Waals surface area contributed by atoms with E-state index in [-0.39, 0.29) is 5.91 Å². The Kier molecular flexibility index (Phi) is 4.93. The van der Waals surface area contributed by atoms with Crippen LogP contribution in [0.15, 0.2) is 54.6 Å². The number of rotatable bonds is 4. The Labute approximate surface area is 150 Å². The van der Waals surface area contributed by atoms with E-state index in [0.717, 1.165) is 10.8 Å². The van der Waals surface area contributed by atoms with Crippen molar-refractivity contribution in [3.8, 4) is 5.75 Å². The molecular formula is C19H15Cl2NO2. The average molecular weight is 360 g/mol. The number of fused-ring (bicyclic) bond motifs is 1. The van der Waals surface area contributed by atoms with Gasteiger partial charge in [-0.2, -0.15) is 0 Å². The highest BCUT2D eigenvalue weighted by Gasteiger charge is 2.18. The molecule has 0 radical (unpaired) electrons. The molecule has 1 amide bonds. The third kappa shape index (κ3) is 3.18. The van der Waals surface area contributed by atoms with E-state index in [1.54, 1.807) is 24.3 Å². The zero-order valence-electron chi connectivity index (χ0n) is 13.0. The van der Waals surface area contributed by atoms with Gasteiger partial charge < -0.3 is 10.1 Å². The molecule has 0 saturated carbocycles. The summed E-state index contributed by atoms with van der Waals surface area (Å²) < 4.78 is 5.64. The maximum atomic E-state index is 12.9. The zero-order valence-corrected chi connectivity index (χ0v) is 14.5. The Balaban J connectivity index is 2.08. The van der Waals surface area contributed by atoms with Crippen LogP contribution in [0.5, 0.6) is 5.75 Å². The highest BCUT2D eigenvalue weighted by molar-refractivity contribution is 6.44. The van der Waals surface area contributed by atoms with Crippen molar-refractivity contribution in [2.24, 2.45) is 0 Å². The summed E-state index contributed by atoms with van der Waals surface area (Å²) in [4.78, 5) is 12.9. The molecule has 0 atom stereocenters. The molecule has 0 aliphatic heterocycles. The number of carbonyl (C=O) groups is 1. The fraction of sp³-hybridized carbons (Fsp3) is 0.105. The molecule has 5 heteroatoms. The van der Waals surface area contributed by atoms with Crippen molar-refractivity contribution in [1.29, 1.82) is 0 Å². The van der Waals surface area contributed by atoms with Gasteiger partial charge in [0.05, 0.1) is 27.9 Å². The number of hydrogen-bond donors (Lipinski definition) is 1. The molecule has 3 aromatic carbocycles. The van der Waals surface area contributed by atoms with E-state index in [9.17, 15) is 4.79 Å². The molecule has 24 heavy (non-hydrogen) atoms. The van der Waals surface area contributed by atoms with E-state index >= 15 is 0 Å². The Hall–Kier alpha value is -2.23. The van der Waals surface area contributed by atoms with Gasteiger partial charge in [0.1, 0.15) is 5.75 Å². The second kappa shape index (κ2) is 7.12. The van der Waals surface area contributed by atoms with Gasteiger partial charge in [0.2, 0.25) is 0 Å². The van der Waals surface area contributed by atoms with E-state index in [2.05, 4.69) is 5.32 Å². The number of anilines is 1. The van der Waals surface area contributed by atoms with Crippen LogP contribution in [-0.2, 0) is 0 Å². The van der Waals surface area contributed by atoms with Crippen molar-refractivity contribution in [3.05, 3.63) is 70.2 Å². The maximum Gasteiger partial charge on any atom is 0.260 e. The molecule has 3 aromatic rings. The molecule has 0 spiro atoms. The highest BCUT2D eigenvalue weighted by Crippen LogP contribution is 2.32. The molecule has 3 nitrogen and oxygen atoms in total. The minimum absolute atomic E-state index is 0.292. The average Bonchev–Trinajstić information content (AvgIpc) is 2.59. The normalized spacial score (nSPS) is 10.6. The van der Waals surface area contributed by atoms with Crippen LogP contribution in [0, 0.1) is 0 Å². The van der Waals surface area contributed by atoms with Gasteiger partial charge in [0.15, 0.2) is 0 Å². The number of amides is 1. The summed E-state index contributed by atoms with van der Waals surface area (Å²) >= 11 is 12.2. The van der Waals surface area contributed by atoms with E-state index in [0.29, 0.717) is 33.7 Å². The topological polar surface area (TPSA) is 38.3 Å². The van der Waals surface area contributed by atoms with Gasteiger partial charge in [-0.05, 0) is 35.9 Å². The molecule has 122 valence electrons. The third-order valence-electron chi connectivity index (χ3n) is 3.62. The summed E-state index contributed by atoms with van der Waals surface area (Å²) in [5.41, 5.74) is 0.940. The van der Waals surface area contributed by atoms with Crippen LogP contribution in [0.2, 0.25) is 10.0 Å². The quantitative estimate of drug-likeness (QED) is 0.639. The molecule has 0 aliphatic rings. The lowest BCUT2D eigenvalue weighted by atomic mass is 10.0. The first-order valence-corrected chi connectivity index (χ1v) is 8.27. The number of hydrogen-bond acceptors (Lipinski definition) is 2. The van der Waals surface area contributed by atoms with Crippen molar-refractivity contribution in [2.75, 3.05) is 11.9 Å². The third-order valence-corrected chi connectivity index (χ3v) is 4.44. The molecular weight excluding hydrogens is 345 g/mol. The van der Waals surface area contributed by atoms with Crippen LogP contribution >= 0.6 is 23.2 Å². The van der Waals surface area contributed by atoms with Crippen molar-refractivity contribution in [1.82, 2.24) is 0 Å². The summed E-state index contributed by atoms with van der Waals surface area (Å²) in [6.07, 6.45) is 0. The number of ether oxygens (including phenoxy) is 1. The largest absolute Gasteiger partial charge is 0.493 e. The van der Waals surface area contributed by atoms with Crippen LogP contribution in [0.25, 0.3) is 10.8 Å². The predicted molar refractivity (Wildman–Crippen MR) is 99.5 cm³/mol. The fourth-order valence-corrected chi connectivity index (χ4v) is 2.89. The van der Waals surface area contributed by atoms with Crippen molar-refractivity contribution < 1.29 is 9.53 Å². The highest BCUT2D eigenvalue weighted by atomic mass is 35.5. The Morgan fingerprint density at radius 3 is 2.62 bits per heavy atom. The van der Waals surface area contributed by atoms with E-state index in [1.165, 1.54) is 0 Å². The van der Waals surface area contributed by atoms with Crippen LogP contribution in [0.3, 0.4) is 0 Å². The van der Waals surface area contributed by atoms with Gasteiger partial charge in [-0.1, -0.05) is 59.6 Å². The summed E-state index contributed by atoms with van der Waals surface area (Å²) in [5, 5.41) is 5.30. The van der Waals surface area contributed by atoms with Gasteiger partial charge in [-0.3, -0.25) is 4.79 Å². The number of halogens is 2. The first-order valence-electron chi connectivity index (χ1n) is 7.51. The van der Waals surface area contributed by atoms with E-state index in [4.69, 9.17) is 27.9 Å². The van der Waals surface area contributed by atoms with Gasteiger partial charge in [-0.15, -0.1) is 0 Å². The van der Waals surface area contributed by atoms with Crippen LogP contribution in [0.1, 0.15) is 17.3 Å². The van der Waals surface area contributed by atoms with Crippen molar-refractivity contribution in [2.45, 2.75) is 6.92 Å². The minimum atomic E-state index is -0.292. The summed E-state index contributed by atoms with van der Waals surface area (Å²) in [5.74, 6) is 0.242. The lowest BCUT2D eigenvalue weighted by Crippen LogP contribution is -2.14. The van der Waals surface area contributed by atoms with E-state index in [1.807, 2.05) is 37.3 Å². The molecule has 0 aromatic heterocycles. The maximum absolute atomic E-state index is 12.9. The van der Waals surface area contributed by atoms with Gasteiger partial charge in [0.25, 0.3) is 5.91 Å². The molecule has 1 N–H and O–H groups in total. The summed E-state index contributed by atoms with van der Waals surface area (Å²) in [7, 11) is 0. The Bertz CT molecular complexity index is 909. The molecule has 0 fully saturated rings. The lowest BCUT2D eigenvalue weighted by molar-refractivity contribution is 0.102. The van der Waals surface area contributed by atoms with Crippen molar-refractivity contribution >= 4 is 45.6 Å². The molecule has 0 heterocycles. The Morgan fingerprint density at radius 1 is 1.04 bits per heavy atom. The molecule has 0 bridgehead atoms. The van der Waals surface area contributed by atoms with Crippen LogP contribution in [-0.4, -0.2) is 12.5 Å². The summed E-state index contributed by atoms with van der Waals surface area (Å²) in [6.45, 7) is 2.35. The van der Waals surface area contributed by atoms with Gasteiger partial charge in [0, 0.05) is 0 Å². The molecule has 0 unspecified atom stereocenters. The second-order valence-corrected chi connectivity index (χ2v) is 5.93. The number of carbonyl (C=O) groups excluding carboxylic acids is 1. The van der Waals surface area contributed by atoms with Crippen LogP contribution < -0.4 is 10.1 Å². The SMILES string of the molecule is CCOc1ccc2ccccc2c1C(=O)Nc1cccc(Cl)c1Cl. The Morgan fingerprint density at radius 2 is 1.83 bits per heavy atom. The fourth-order valence-electron chi connectivity index (χ4n) is 2.55. The first kappa shape index (κ1) is 16.6. The van der Waals surface area contributed by atoms with Gasteiger partial charge in [-0.25, -0.2) is 0 Å². The number of nitrogens with one attached hydrogen (secondary N) is 1. The van der Waals surface area contributed by atoms with Crippen LogP contribution in [0.4, 0.5) is 5.69 Å².